The quantitative estimate of drug-likeness (QED) is 0.760. The number of hydrogen-bond donors (Lipinski definition) is 1. The standard InChI is InChI=1S/C17H20N4O/c1-2-3-9-15-16(12-20-11-10-18-13-20)19-21(17(15)22)14-7-5-4-6-8-14/h4-8,10-11,13,19H,2-3,9,12H2,1H3. The lowest BCUT2D eigenvalue weighted by Crippen LogP contribution is -2.17. The SMILES string of the molecule is CCCCc1c(Cn2ccnc2)[nH]n(-c2ccccc2)c1=O. The number of rotatable bonds is 6. The molecule has 1 aromatic carbocycles. The summed E-state index contributed by atoms with van der Waals surface area (Å²) in [5.74, 6) is 0. The van der Waals surface area contributed by atoms with Crippen LogP contribution in [0.4, 0.5) is 0 Å². The Morgan fingerprint density at radius 1 is 1.23 bits per heavy atom. The number of hydrogen-bond acceptors (Lipinski definition) is 2. The minimum absolute atomic E-state index is 0.0507. The summed E-state index contributed by atoms with van der Waals surface area (Å²) in [5, 5.41) is 3.27. The van der Waals surface area contributed by atoms with E-state index in [0.29, 0.717) is 6.54 Å². The fourth-order valence-corrected chi connectivity index (χ4v) is 2.58. The predicted molar refractivity (Wildman–Crippen MR) is 86.3 cm³/mol. The number of H-pyrrole nitrogens is 1. The molecule has 2 heterocycles. The summed E-state index contributed by atoms with van der Waals surface area (Å²) in [6, 6.07) is 9.68. The zero-order valence-electron chi connectivity index (χ0n) is 12.7. The van der Waals surface area contributed by atoms with Crippen LogP contribution in [0.25, 0.3) is 5.69 Å². The van der Waals surface area contributed by atoms with Crippen molar-refractivity contribution >= 4 is 0 Å². The summed E-state index contributed by atoms with van der Waals surface area (Å²) < 4.78 is 3.60. The van der Waals surface area contributed by atoms with Gasteiger partial charge in [-0.1, -0.05) is 31.5 Å². The molecular formula is C17H20N4O. The van der Waals surface area contributed by atoms with Crippen LogP contribution in [0, 0.1) is 0 Å². The van der Waals surface area contributed by atoms with Crippen LogP contribution in [-0.4, -0.2) is 19.3 Å². The van der Waals surface area contributed by atoms with Crippen LogP contribution in [-0.2, 0) is 13.0 Å². The van der Waals surface area contributed by atoms with Gasteiger partial charge < -0.3 is 4.57 Å². The Hall–Kier alpha value is -2.56. The topological polar surface area (TPSA) is 55.6 Å². The highest BCUT2D eigenvalue weighted by Crippen LogP contribution is 2.11. The number of aromatic amines is 1. The number of aromatic nitrogens is 4. The predicted octanol–water partition coefficient (Wildman–Crippen LogP) is 2.75. The number of nitrogens with one attached hydrogen (secondary N) is 1. The molecule has 0 bridgehead atoms. The number of nitrogens with zero attached hydrogens (tertiary/aromatic N) is 3. The average Bonchev–Trinajstić information content (AvgIpc) is 3.16. The van der Waals surface area contributed by atoms with Gasteiger partial charge in [0.2, 0.25) is 0 Å². The summed E-state index contributed by atoms with van der Waals surface area (Å²) in [6.45, 7) is 2.77. The van der Waals surface area contributed by atoms with E-state index in [1.165, 1.54) is 0 Å². The van der Waals surface area contributed by atoms with Gasteiger partial charge in [-0.15, -0.1) is 0 Å². The maximum Gasteiger partial charge on any atom is 0.274 e. The Morgan fingerprint density at radius 3 is 2.73 bits per heavy atom. The van der Waals surface area contributed by atoms with Crippen LogP contribution in [0.2, 0.25) is 0 Å². The molecule has 3 aromatic rings. The summed E-state index contributed by atoms with van der Waals surface area (Å²) in [7, 11) is 0. The molecule has 0 radical (unpaired) electrons. The molecule has 0 aliphatic heterocycles. The molecule has 114 valence electrons. The lowest BCUT2D eigenvalue weighted by atomic mass is 10.1. The summed E-state index contributed by atoms with van der Waals surface area (Å²) in [6.07, 6.45) is 8.30. The van der Waals surface area contributed by atoms with Crippen LogP contribution >= 0.6 is 0 Å². The first-order valence-corrected chi connectivity index (χ1v) is 7.63. The van der Waals surface area contributed by atoms with Gasteiger partial charge >= 0.3 is 0 Å². The number of imidazole rings is 1. The van der Waals surface area contributed by atoms with Crippen molar-refractivity contribution in [2.24, 2.45) is 0 Å². The molecule has 0 spiro atoms. The molecular weight excluding hydrogens is 276 g/mol. The van der Waals surface area contributed by atoms with Crippen LogP contribution in [0.1, 0.15) is 31.0 Å². The molecule has 3 rings (SSSR count). The van der Waals surface area contributed by atoms with Gasteiger partial charge in [0.1, 0.15) is 0 Å². The second kappa shape index (κ2) is 6.47. The molecule has 0 saturated carbocycles. The molecule has 0 amide bonds. The van der Waals surface area contributed by atoms with Crippen LogP contribution in [0.3, 0.4) is 0 Å². The lowest BCUT2D eigenvalue weighted by molar-refractivity contribution is 0.728. The minimum atomic E-state index is 0.0507. The molecule has 2 aromatic heterocycles. The minimum Gasteiger partial charge on any atom is -0.332 e. The third-order valence-corrected chi connectivity index (χ3v) is 3.77. The van der Waals surface area contributed by atoms with E-state index in [9.17, 15) is 4.79 Å². The van der Waals surface area contributed by atoms with E-state index in [1.807, 2.05) is 41.1 Å². The monoisotopic (exact) mass is 296 g/mol. The molecule has 5 nitrogen and oxygen atoms in total. The van der Waals surface area contributed by atoms with E-state index in [0.717, 1.165) is 36.2 Å². The molecule has 0 saturated heterocycles. The van der Waals surface area contributed by atoms with Gasteiger partial charge in [-0.2, -0.15) is 0 Å². The Morgan fingerprint density at radius 2 is 2.05 bits per heavy atom. The smallest absolute Gasteiger partial charge is 0.274 e. The fourth-order valence-electron chi connectivity index (χ4n) is 2.58. The molecule has 22 heavy (non-hydrogen) atoms. The molecule has 0 unspecified atom stereocenters. The molecule has 5 heteroatoms. The maximum atomic E-state index is 12.7. The first kappa shape index (κ1) is 14.4. The van der Waals surface area contributed by atoms with Crippen molar-refractivity contribution in [2.45, 2.75) is 32.7 Å². The van der Waals surface area contributed by atoms with Gasteiger partial charge in [0.05, 0.1) is 24.3 Å². The zero-order chi connectivity index (χ0) is 15.4. The Balaban J connectivity index is 2.02. The first-order valence-electron chi connectivity index (χ1n) is 7.63. The van der Waals surface area contributed by atoms with Crippen molar-refractivity contribution in [1.82, 2.24) is 19.3 Å². The van der Waals surface area contributed by atoms with Gasteiger partial charge in [0, 0.05) is 18.0 Å². The van der Waals surface area contributed by atoms with Crippen molar-refractivity contribution in [2.75, 3.05) is 0 Å². The highest BCUT2D eigenvalue weighted by atomic mass is 16.1. The van der Waals surface area contributed by atoms with E-state index in [1.54, 1.807) is 17.2 Å². The van der Waals surface area contributed by atoms with Crippen LogP contribution in [0.5, 0.6) is 0 Å². The maximum absolute atomic E-state index is 12.7. The third kappa shape index (κ3) is 2.88. The highest BCUT2D eigenvalue weighted by Gasteiger charge is 2.15. The highest BCUT2D eigenvalue weighted by molar-refractivity contribution is 5.33. The normalized spacial score (nSPS) is 11.0. The van der Waals surface area contributed by atoms with Crippen molar-refractivity contribution in [3.8, 4) is 5.69 Å². The summed E-state index contributed by atoms with van der Waals surface area (Å²) in [4.78, 5) is 16.8. The second-order valence-corrected chi connectivity index (χ2v) is 5.38. The zero-order valence-corrected chi connectivity index (χ0v) is 12.7. The molecule has 0 atom stereocenters. The molecule has 0 aliphatic rings. The van der Waals surface area contributed by atoms with Crippen molar-refractivity contribution in [3.63, 3.8) is 0 Å². The Bertz CT molecular complexity index is 769. The number of benzene rings is 1. The number of para-hydroxylation sites is 1. The summed E-state index contributed by atoms with van der Waals surface area (Å²) in [5.41, 5.74) is 2.75. The first-order chi connectivity index (χ1) is 10.8. The van der Waals surface area contributed by atoms with E-state index in [2.05, 4.69) is 17.0 Å². The van der Waals surface area contributed by atoms with E-state index in [-0.39, 0.29) is 5.56 Å². The van der Waals surface area contributed by atoms with Crippen LogP contribution < -0.4 is 5.56 Å². The number of unbranched alkanes of at least 4 members (excludes halogenated alkanes) is 1. The van der Waals surface area contributed by atoms with Gasteiger partial charge in [0.15, 0.2) is 0 Å². The second-order valence-electron chi connectivity index (χ2n) is 5.38. The molecule has 1 N–H and O–H groups in total. The van der Waals surface area contributed by atoms with Gasteiger partial charge in [-0.25, -0.2) is 9.67 Å². The van der Waals surface area contributed by atoms with E-state index >= 15 is 0 Å². The van der Waals surface area contributed by atoms with E-state index < -0.39 is 0 Å². The Labute approximate surface area is 129 Å². The van der Waals surface area contributed by atoms with Crippen molar-refractivity contribution in [1.29, 1.82) is 0 Å². The fraction of sp³-hybridized carbons (Fsp3) is 0.294. The lowest BCUT2D eigenvalue weighted by Gasteiger charge is -2.03. The van der Waals surface area contributed by atoms with Crippen molar-refractivity contribution in [3.05, 3.63) is 70.7 Å². The third-order valence-electron chi connectivity index (χ3n) is 3.77. The van der Waals surface area contributed by atoms with Crippen LogP contribution in [0.15, 0.2) is 53.8 Å². The van der Waals surface area contributed by atoms with Gasteiger partial charge in [-0.05, 0) is 25.0 Å². The van der Waals surface area contributed by atoms with Gasteiger partial charge in [0.25, 0.3) is 5.56 Å². The average molecular weight is 296 g/mol. The van der Waals surface area contributed by atoms with E-state index in [4.69, 9.17) is 0 Å². The molecule has 0 fully saturated rings. The Kier molecular flexibility index (Phi) is 4.23. The summed E-state index contributed by atoms with van der Waals surface area (Å²) >= 11 is 0. The van der Waals surface area contributed by atoms with Gasteiger partial charge in [-0.3, -0.25) is 9.89 Å². The van der Waals surface area contributed by atoms with Crippen molar-refractivity contribution < 1.29 is 0 Å². The largest absolute Gasteiger partial charge is 0.332 e. The molecule has 0 aliphatic carbocycles.